The van der Waals surface area contributed by atoms with Crippen molar-refractivity contribution in [2.45, 2.75) is 117 Å². The second-order valence-corrected chi connectivity index (χ2v) is 16.5. The summed E-state index contributed by atoms with van der Waals surface area (Å²) in [7, 11) is 3.42. The summed E-state index contributed by atoms with van der Waals surface area (Å²) in [6.45, 7) is 9.95. The van der Waals surface area contributed by atoms with Gasteiger partial charge in [-0.2, -0.15) is 0 Å². The monoisotopic (exact) mass is 999 g/mol. The van der Waals surface area contributed by atoms with Crippen molar-refractivity contribution in [3.05, 3.63) is 108 Å². The van der Waals surface area contributed by atoms with E-state index in [2.05, 4.69) is 34.4 Å². The lowest BCUT2D eigenvalue weighted by Crippen LogP contribution is -2.38. The average Bonchev–Trinajstić information content (AvgIpc) is 3.37. The molecule has 18 heteroatoms. The highest BCUT2D eigenvalue weighted by atomic mass is 16.5. The number of amides is 4. The number of unbranched alkanes of at least 4 members (excludes halogenated alkanes) is 8. The average molecular weight is 999 g/mol. The second-order valence-electron chi connectivity index (χ2n) is 16.5. The van der Waals surface area contributed by atoms with E-state index < -0.39 is 36.1 Å². The van der Waals surface area contributed by atoms with Crippen LogP contribution >= 0.6 is 0 Å². The van der Waals surface area contributed by atoms with Gasteiger partial charge in [0.05, 0.1) is 11.4 Å². The number of rotatable bonds is 28. The normalized spacial score (nSPS) is 11.5. The van der Waals surface area contributed by atoms with Crippen molar-refractivity contribution in [3.63, 3.8) is 0 Å². The zero-order valence-corrected chi connectivity index (χ0v) is 42.5. The Morgan fingerprint density at radius 3 is 1.17 bits per heavy atom. The number of hydrogen-bond acceptors (Lipinski definition) is 10. The fourth-order valence-electron chi connectivity index (χ4n) is 6.87. The van der Waals surface area contributed by atoms with Crippen LogP contribution in [0.3, 0.4) is 0 Å². The van der Waals surface area contributed by atoms with Gasteiger partial charge in [-0.15, -0.1) is 0 Å². The summed E-state index contributed by atoms with van der Waals surface area (Å²) in [6.07, 6.45) is 11.5. The second kappa shape index (κ2) is 35.0. The van der Waals surface area contributed by atoms with E-state index in [0.717, 1.165) is 59.3 Å². The number of nitrogens with zero attached hydrogens (tertiary/aromatic N) is 4. The molecule has 0 saturated carbocycles. The van der Waals surface area contributed by atoms with Gasteiger partial charge in [-0.3, -0.25) is 9.80 Å². The maximum Gasteiger partial charge on any atom is 0.333 e. The molecule has 0 aliphatic heterocycles. The first-order chi connectivity index (χ1) is 34.5. The Morgan fingerprint density at radius 1 is 0.514 bits per heavy atom. The van der Waals surface area contributed by atoms with Crippen LogP contribution in [0.15, 0.2) is 97.1 Å². The predicted octanol–water partition coefficient (Wildman–Crippen LogP) is 9.51. The number of aromatic nitrogens is 2. The van der Waals surface area contributed by atoms with Crippen LogP contribution in [0.2, 0.25) is 0 Å². The summed E-state index contributed by atoms with van der Waals surface area (Å²) in [5.41, 5.74) is 5.02. The number of carbonyl (C=O) groups is 6. The highest BCUT2D eigenvalue weighted by Gasteiger charge is 2.20. The number of benzene rings is 2. The minimum absolute atomic E-state index is 0.170. The van der Waals surface area contributed by atoms with Crippen molar-refractivity contribution < 1.29 is 58.7 Å². The van der Waals surface area contributed by atoms with Crippen LogP contribution in [0.25, 0.3) is 22.5 Å². The number of anilines is 2. The first-order valence-corrected chi connectivity index (χ1v) is 24.5. The van der Waals surface area contributed by atoms with E-state index in [0.29, 0.717) is 62.9 Å². The number of urea groups is 2. The number of carbonyl (C=O) groups excluding carboxylic acids is 2. The molecule has 4 amide bonds. The van der Waals surface area contributed by atoms with Gasteiger partial charge in [-0.05, 0) is 62.1 Å². The molecule has 2 aromatic heterocycles. The number of ether oxygens (including phenoxy) is 2. The molecule has 2 aromatic carbocycles. The third-order valence-electron chi connectivity index (χ3n) is 10.9. The van der Waals surface area contributed by atoms with Gasteiger partial charge in [0.1, 0.15) is 11.6 Å². The van der Waals surface area contributed by atoms with E-state index in [-0.39, 0.29) is 12.1 Å². The highest BCUT2D eigenvalue weighted by molar-refractivity contribution is 5.91. The third-order valence-corrected chi connectivity index (χ3v) is 10.9. The van der Waals surface area contributed by atoms with Crippen LogP contribution in [0, 0.1) is 0 Å². The Balaban J connectivity index is 0.000000428. The smallest absolute Gasteiger partial charge is 0.333 e. The van der Waals surface area contributed by atoms with Crippen LogP contribution < -0.4 is 20.4 Å². The van der Waals surface area contributed by atoms with Crippen molar-refractivity contribution in [1.82, 2.24) is 20.6 Å². The van der Waals surface area contributed by atoms with Crippen LogP contribution in [-0.2, 0) is 41.5 Å². The first kappa shape index (κ1) is 60.9. The molecule has 2 heterocycles. The molecule has 6 N–H and O–H groups in total. The van der Waals surface area contributed by atoms with Crippen LogP contribution in [0.1, 0.15) is 103 Å². The Kier molecular flexibility index (Phi) is 29.6. The Bertz CT molecular complexity index is 2130. The zero-order valence-electron chi connectivity index (χ0n) is 42.5. The molecular formula is C54H74N6O12. The molecule has 72 heavy (non-hydrogen) atoms. The number of aliphatic carboxylic acids is 4. The van der Waals surface area contributed by atoms with E-state index in [9.17, 15) is 39.0 Å². The van der Waals surface area contributed by atoms with E-state index in [1.807, 2.05) is 72.8 Å². The zero-order chi connectivity index (χ0) is 53.3. The van der Waals surface area contributed by atoms with Crippen LogP contribution in [0.5, 0.6) is 0 Å². The molecule has 0 bridgehead atoms. The molecule has 0 spiro atoms. The Labute approximate surface area is 423 Å². The Hall–Kier alpha value is -7.18. The standard InChI is InChI=1S/2C25H35N3O4.C4H4O4/c2*1-4-6-7-8-9-17-26-25(31)28(3)23-12-10-11-21(27-23)20-15-13-19(14-16-20)18-22(24(29)30)32-5-2;5-3(6)1-2-4(7)8/h2*10-16,22H,4-9,17-18H2,1-3H3,(H,26,31)(H,29,30);1-2H,(H,5,6)(H,7,8)/b;;2-1-. The quantitative estimate of drug-likeness (QED) is 0.0229. The van der Waals surface area contributed by atoms with Crippen molar-refractivity contribution in [3.8, 4) is 22.5 Å². The summed E-state index contributed by atoms with van der Waals surface area (Å²) in [4.78, 5) is 78.9. The minimum atomic E-state index is -1.26. The lowest BCUT2D eigenvalue weighted by atomic mass is 10.0. The molecule has 18 nitrogen and oxygen atoms in total. The maximum absolute atomic E-state index is 12.5. The molecule has 0 fully saturated rings. The van der Waals surface area contributed by atoms with Gasteiger partial charge in [0.15, 0.2) is 12.2 Å². The number of carboxylic acid groups (broad SMARTS) is 4. The van der Waals surface area contributed by atoms with Gasteiger partial charge in [-0.25, -0.2) is 38.7 Å². The maximum atomic E-state index is 12.5. The summed E-state index contributed by atoms with van der Waals surface area (Å²) >= 11 is 0. The van der Waals surface area contributed by atoms with Crippen molar-refractivity contribution >= 4 is 47.6 Å². The van der Waals surface area contributed by atoms with E-state index >= 15 is 0 Å². The molecular weight excluding hydrogens is 925 g/mol. The molecule has 4 aromatic rings. The number of hydrogen-bond donors (Lipinski definition) is 6. The number of carboxylic acids is 4. The van der Waals surface area contributed by atoms with Crippen LogP contribution in [0.4, 0.5) is 21.2 Å². The molecule has 2 unspecified atom stereocenters. The summed E-state index contributed by atoms with van der Waals surface area (Å²) in [5, 5.41) is 40.0. The Morgan fingerprint density at radius 2 is 0.861 bits per heavy atom. The SMILES string of the molecule is CCCCCCCNC(=O)N(C)c1cccc(-c2ccc(CC(OCC)C(=O)O)cc2)n1.CCCCCCCNC(=O)N(C)c1cccc(-c2ccc(CC(OCC)C(=O)O)cc2)n1.O=C(O)/C=C\C(=O)O. The van der Waals surface area contributed by atoms with Crippen LogP contribution in [-0.4, -0.2) is 119 Å². The number of nitrogens with one attached hydrogen (secondary N) is 2. The molecule has 4 rings (SSSR count). The minimum Gasteiger partial charge on any atom is -0.479 e. The van der Waals surface area contributed by atoms with Gasteiger partial charge < -0.3 is 40.5 Å². The topological polar surface area (TPSA) is 258 Å². The van der Waals surface area contributed by atoms with Gasteiger partial charge in [-0.1, -0.05) is 126 Å². The first-order valence-electron chi connectivity index (χ1n) is 24.5. The molecule has 392 valence electrons. The lowest BCUT2D eigenvalue weighted by Gasteiger charge is -2.18. The largest absolute Gasteiger partial charge is 0.479 e. The summed E-state index contributed by atoms with van der Waals surface area (Å²) in [6, 6.07) is 25.9. The summed E-state index contributed by atoms with van der Waals surface area (Å²) < 4.78 is 10.6. The molecule has 0 radical (unpaired) electrons. The van der Waals surface area contributed by atoms with Gasteiger partial charge in [0.25, 0.3) is 0 Å². The van der Waals surface area contributed by atoms with Gasteiger partial charge in [0, 0.05) is 76.5 Å². The third kappa shape index (κ3) is 24.1. The van der Waals surface area contributed by atoms with Gasteiger partial charge in [0.2, 0.25) is 0 Å². The van der Waals surface area contributed by atoms with E-state index in [4.69, 9.17) is 19.7 Å². The fourth-order valence-corrected chi connectivity index (χ4v) is 6.87. The van der Waals surface area contributed by atoms with Crippen molar-refractivity contribution in [2.24, 2.45) is 0 Å². The van der Waals surface area contributed by atoms with Crippen molar-refractivity contribution in [2.75, 3.05) is 50.2 Å². The highest BCUT2D eigenvalue weighted by Crippen LogP contribution is 2.23. The summed E-state index contributed by atoms with van der Waals surface area (Å²) in [5.74, 6) is -3.31. The molecule has 2 atom stereocenters. The molecule has 0 saturated heterocycles. The molecule has 0 aliphatic rings. The number of pyridine rings is 2. The van der Waals surface area contributed by atoms with E-state index in [1.54, 1.807) is 40.1 Å². The van der Waals surface area contributed by atoms with Crippen molar-refractivity contribution in [1.29, 1.82) is 0 Å². The molecule has 0 aliphatic carbocycles. The predicted molar refractivity (Wildman–Crippen MR) is 278 cm³/mol. The van der Waals surface area contributed by atoms with E-state index in [1.165, 1.54) is 48.3 Å². The van der Waals surface area contributed by atoms with Gasteiger partial charge >= 0.3 is 35.9 Å². The fraction of sp³-hybridized carbons (Fsp3) is 0.444. The lowest BCUT2D eigenvalue weighted by molar-refractivity contribution is -0.150.